The first-order chi connectivity index (χ1) is 8.82. The Hall–Kier alpha value is -1.39. The molecule has 0 saturated heterocycles. The van der Waals surface area contributed by atoms with Gasteiger partial charge in [-0.05, 0) is 51.6 Å². The third-order valence-corrected chi connectivity index (χ3v) is 3.22. The lowest BCUT2D eigenvalue weighted by Crippen LogP contribution is -2.38. The Bertz CT molecular complexity index is 432. The molecular formula is C15H25N3O. The molecule has 0 bridgehead atoms. The van der Waals surface area contributed by atoms with E-state index in [2.05, 4.69) is 29.3 Å². The van der Waals surface area contributed by atoms with Gasteiger partial charge < -0.3 is 16.0 Å². The first kappa shape index (κ1) is 15.7. The van der Waals surface area contributed by atoms with Crippen LogP contribution in [0, 0.1) is 20.8 Å². The summed E-state index contributed by atoms with van der Waals surface area (Å²) < 4.78 is 0. The number of amides is 1. The van der Waals surface area contributed by atoms with Crippen LogP contribution in [0.4, 0.5) is 0 Å². The molecule has 0 radical (unpaired) electrons. The molecule has 4 heteroatoms. The van der Waals surface area contributed by atoms with E-state index in [0.29, 0.717) is 0 Å². The van der Waals surface area contributed by atoms with Crippen molar-refractivity contribution in [2.75, 3.05) is 27.2 Å². The minimum absolute atomic E-state index is 0.325. The van der Waals surface area contributed by atoms with Crippen LogP contribution >= 0.6 is 0 Å². The zero-order chi connectivity index (χ0) is 14.6. The lowest BCUT2D eigenvalue weighted by molar-refractivity contribution is -0.120. The number of nitrogens with one attached hydrogen (secondary N) is 1. The average Bonchev–Trinajstić information content (AvgIpc) is 2.24. The largest absolute Gasteiger partial charge is 0.368 e. The van der Waals surface area contributed by atoms with Crippen molar-refractivity contribution in [1.82, 2.24) is 10.2 Å². The molecule has 0 aromatic heterocycles. The Morgan fingerprint density at radius 2 is 1.79 bits per heavy atom. The predicted molar refractivity (Wildman–Crippen MR) is 79.1 cm³/mol. The van der Waals surface area contributed by atoms with Crippen LogP contribution in [0.3, 0.4) is 0 Å². The van der Waals surface area contributed by atoms with Crippen molar-refractivity contribution >= 4 is 5.91 Å². The van der Waals surface area contributed by atoms with Crippen LogP contribution in [0.1, 0.15) is 28.3 Å². The lowest BCUT2D eigenvalue weighted by Gasteiger charge is -2.22. The van der Waals surface area contributed by atoms with E-state index in [1.165, 1.54) is 5.56 Å². The molecule has 1 aromatic rings. The van der Waals surface area contributed by atoms with E-state index >= 15 is 0 Å². The van der Waals surface area contributed by atoms with E-state index in [4.69, 9.17) is 5.73 Å². The fourth-order valence-corrected chi connectivity index (χ4v) is 2.42. The molecule has 0 aliphatic carbocycles. The topological polar surface area (TPSA) is 58.4 Å². The minimum Gasteiger partial charge on any atom is -0.368 e. The minimum atomic E-state index is -0.416. The van der Waals surface area contributed by atoms with Crippen molar-refractivity contribution in [2.24, 2.45) is 5.73 Å². The number of carbonyl (C=O) groups is 1. The summed E-state index contributed by atoms with van der Waals surface area (Å²) in [6, 6.07) is 3.76. The van der Waals surface area contributed by atoms with Crippen molar-refractivity contribution in [3.05, 3.63) is 34.4 Å². The molecule has 0 fully saturated rings. The van der Waals surface area contributed by atoms with E-state index < -0.39 is 6.04 Å². The number of nitrogens with two attached hydrogens (primary N) is 1. The van der Waals surface area contributed by atoms with E-state index in [-0.39, 0.29) is 5.91 Å². The Kier molecular flexibility index (Phi) is 5.51. The van der Waals surface area contributed by atoms with Gasteiger partial charge in [0, 0.05) is 13.1 Å². The maximum Gasteiger partial charge on any atom is 0.239 e. The van der Waals surface area contributed by atoms with Gasteiger partial charge in [0.05, 0.1) is 0 Å². The number of carbonyl (C=O) groups excluding carboxylic acids is 1. The van der Waals surface area contributed by atoms with Crippen molar-refractivity contribution in [3.8, 4) is 0 Å². The molecule has 1 rings (SSSR count). The lowest BCUT2D eigenvalue weighted by atomic mass is 9.93. The number of hydrogen-bond acceptors (Lipinski definition) is 3. The second-order valence-corrected chi connectivity index (χ2v) is 5.41. The maximum absolute atomic E-state index is 11.7. The van der Waals surface area contributed by atoms with Gasteiger partial charge in [-0.25, -0.2) is 0 Å². The standard InChI is InChI=1S/C15H25N3O/c1-10-8-11(2)13(12(3)9-10)14(15(16)19)17-6-7-18(4)5/h8-9,14,17H,6-7H2,1-5H3,(H2,16,19). The predicted octanol–water partition coefficient (Wildman–Crippen LogP) is 1.29. The zero-order valence-corrected chi connectivity index (χ0v) is 12.6. The second kappa shape index (κ2) is 6.68. The van der Waals surface area contributed by atoms with Crippen LogP contribution in [-0.4, -0.2) is 38.0 Å². The summed E-state index contributed by atoms with van der Waals surface area (Å²) in [5.74, 6) is -0.325. The van der Waals surface area contributed by atoms with Crippen LogP contribution in [0.5, 0.6) is 0 Å². The zero-order valence-electron chi connectivity index (χ0n) is 12.6. The van der Waals surface area contributed by atoms with E-state index in [1.807, 2.05) is 27.9 Å². The number of benzene rings is 1. The second-order valence-electron chi connectivity index (χ2n) is 5.41. The summed E-state index contributed by atoms with van der Waals surface area (Å²) in [5, 5.41) is 3.25. The van der Waals surface area contributed by atoms with Gasteiger partial charge in [0.2, 0.25) is 5.91 Å². The fourth-order valence-electron chi connectivity index (χ4n) is 2.42. The molecule has 1 amide bonds. The van der Waals surface area contributed by atoms with Crippen LogP contribution in [-0.2, 0) is 4.79 Å². The Balaban J connectivity index is 2.97. The number of likely N-dealkylation sites (N-methyl/N-ethyl adjacent to an activating group) is 1. The summed E-state index contributed by atoms with van der Waals surface area (Å²) in [7, 11) is 4.01. The molecule has 0 spiro atoms. The molecule has 4 nitrogen and oxygen atoms in total. The van der Waals surface area contributed by atoms with E-state index in [1.54, 1.807) is 0 Å². The summed E-state index contributed by atoms with van der Waals surface area (Å²) >= 11 is 0. The number of rotatable bonds is 6. The highest BCUT2D eigenvalue weighted by Gasteiger charge is 2.21. The molecule has 1 unspecified atom stereocenters. The van der Waals surface area contributed by atoms with Crippen molar-refractivity contribution in [3.63, 3.8) is 0 Å². The molecule has 0 aliphatic heterocycles. The fraction of sp³-hybridized carbons (Fsp3) is 0.533. The quantitative estimate of drug-likeness (QED) is 0.813. The van der Waals surface area contributed by atoms with Gasteiger partial charge in [0.1, 0.15) is 6.04 Å². The first-order valence-corrected chi connectivity index (χ1v) is 6.58. The summed E-state index contributed by atoms with van der Waals surface area (Å²) in [4.78, 5) is 13.8. The Morgan fingerprint density at radius 3 is 2.21 bits per heavy atom. The Morgan fingerprint density at radius 1 is 1.26 bits per heavy atom. The van der Waals surface area contributed by atoms with Crippen LogP contribution < -0.4 is 11.1 Å². The summed E-state index contributed by atoms with van der Waals surface area (Å²) in [6.45, 7) is 7.71. The number of aryl methyl sites for hydroxylation is 3. The molecule has 0 heterocycles. The number of primary amides is 1. The summed E-state index contributed by atoms with van der Waals surface area (Å²) in [6.07, 6.45) is 0. The van der Waals surface area contributed by atoms with Crippen LogP contribution in [0.25, 0.3) is 0 Å². The highest BCUT2D eigenvalue weighted by atomic mass is 16.1. The molecule has 1 atom stereocenters. The van der Waals surface area contributed by atoms with Gasteiger partial charge in [-0.2, -0.15) is 0 Å². The van der Waals surface area contributed by atoms with Crippen molar-refractivity contribution in [1.29, 1.82) is 0 Å². The SMILES string of the molecule is Cc1cc(C)c(C(NCCN(C)C)C(N)=O)c(C)c1. The average molecular weight is 263 g/mol. The molecule has 106 valence electrons. The maximum atomic E-state index is 11.7. The van der Waals surface area contributed by atoms with Gasteiger partial charge in [-0.1, -0.05) is 17.7 Å². The summed E-state index contributed by atoms with van der Waals surface area (Å²) in [5.41, 5.74) is 9.98. The molecule has 19 heavy (non-hydrogen) atoms. The molecule has 0 saturated carbocycles. The highest BCUT2D eigenvalue weighted by Crippen LogP contribution is 2.23. The Labute approximate surface area is 116 Å². The first-order valence-electron chi connectivity index (χ1n) is 6.58. The van der Waals surface area contributed by atoms with Gasteiger partial charge >= 0.3 is 0 Å². The molecule has 0 aliphatic rings. The normalized spacial score (nSPS) is 12.7. The van der Waals surface area contributed by atoms with Crippen LogP contribution in [0.2, 0.25) is 0 Å². The van der Waals surface area contributed by atoms with Crippen molar-refractivity contribution < 1.29 is 4.79 Å². The number of hydrogen-bond donors (Lipinski definition) is 2. The highest BCUT2D eigenvalue weighted by molar-refractivity contribution is 5.82. The van der Waals surface area contributed by atoms with Crippen LogP contribution in [0.15, 0.2) is 12.1 Å². The van der Waals surface area contributed by atoms with Gasteiger partial charge in [-0.15, -0.1) is 0 Å². The third-order valence-electron chi connectivity index (χ3n) is 3.22. The third kappa shape index (κ3) is 4.33. The molecular weight excluding hydrogens is 238 g/mol. The van der Waals surface area contributed by atoms with Gasteiger partial charge in [0.15, 0.2) is 0 Å². The monoisotopic (exact) mass is 263 g/mol. The smallest absolute Gasteiger partial charge is 0.239 e. The number of nitrogens with zero attached hydrogens (tertiary/aromatic N) is 1. The van der Waals surface area contributed by atoms with E-state index in [0.717, 1.165) is 29.8 Å². The molecule has 1 aromatic carbocycles. The van der Waals surface area contributed by atoms with Crippen molar-refractivity contribution in [2.45, 2.75) is 26.8 Å². The van der Waals surface area contributed by atoms with Gasteiger partial charge in [0.25, 0.3) is 0 Å². The van der Waals surface area contributed by atoms with Gasteiger partial charge in [-0.3, -0.25) is 4.79 Å². The molecule has 3 N–H and O–H groups in total. The van der Waals surface area contributed by atoms with E-state index in [9.17, 15) is 4.79 Å².